The molecule has 4 aromatic carbocycles. The van der Waals surface area contributed by atoms with Crippen LogP contribution in [0, 0.1) is 41.8 Å². The smallest absolute Gasteiger partial charge is 0.411 e. The van der Waals surface area contributed by atoms with Gasteiger partial charge in [0, 0.05) is 5.56 Å². The van der Waals surface area contributed by atoms with E-state index in [-0.39, 0.29) is 24.3 Å². The molecule has 0 aliphatic heterocycles. The number of aromatic hydroxyl groups is 2. The lowest BCUT2D eigenvalue weighted by Crippen LogP contribution is -2.54. The summed E-state index contributed by atoms with van der Waals surface area (Å²) in [6, 6.07) is 2.79. The number of phenols is 2. The highest BCUT2D eigenvalue weighted by Gasteiger charge is 2.72. The third-order valence-electron chi connectivity index (χ3n) is 6.64. The predicted octanol–water partition coefficient (Wildman–Crippen LogP) is 8.82. The fourth-order valence-corrected chi connectivity index (χ4v) is 4.32. The van der Waals surface area contributed by atoms with Gasteiger partial charge in [0.25, 0.3) is 0 Å². The number of phenolic OH excluding ortho intramolecular Hbond substituents is 2. The van der Waals surface area contributed by atoms with E-state index in [4.69, 9.17) is 15.2 Å². The Balaban J connectivity index is 1.78. The Bertz CT molecular complexity index is 1580. The topological polar surface area (TPSA) is 84.9 Å². The molecule has 0 radical (unpaired) electrons. The summed E-state index contributed by atoms with van der Waals surface area (Å²) in [5.74, 6) is -19.0. The molecule has 0 saturated heterocycles. The van der Waals surface area contributed by atoms with Gasteiger partial charge in [0.15, 0.2) is 23.1 Å². The van der Waals surface area contributed by atoms with Crippen molar-refractivity contribution in [2.45, 2.75) is 24.7 Å². The average Bonchev–Trinajstić information content (AvgIpc) is 2.97. The molecule has 17 heteroatoms. The first-order valence-corrected chi connectivity index (χ1v) is 12.0. The Labute approximate surface area is 243 Å². The van der Waals surface area contributed by atoms with Crippen molar-refractivity contribution in [3.05, 3.63) is 100 Å². The zero-order valence-corrected chi connectivity index (χ0v) is 21.9. The Morgan fingerprint density at radius 1 is 0.533 bits per heavy atom. The zero-order chi connectivity index (χ0) is 33.8. The second-order valence-electron chi connectivity index (χ2n) is 9.28. The minimum Gasteiger partial charge on any atom is -0.504 e. The number of benzene rings is 4. The van der Waals surface area contributed by atoms with Crippen LogP contribution in [-0.4, -0.2) is 22.6 Å². The molecular formula is C28H15F12NO4. The van der Waals surface area contributed by atoms with E-state index in [1.807, 2.05) is 0 Å². The third kappa shape index (κ3) is 5.25. The summed E-state index contributed by atoms with van der Waals surface area (Å²) >= 11 is 0. The first kappa shape index (κ1) is 32.9. The van der Waals surface area contributed by atoms with Crippen LogP contribution in [0.3, 0.4) is 0 Å². The Hall–Kier alpha value is -4.96. The van der Waals surface area contributed by atoms with Crippen LogP contribution in [0.2, 0.25) is 0 Å². The van der Waals surface area contributed by atoms with E-state index in [0.29, 0.717) is 24.3 Å². The number of anilines is 1. The number of hydrogen-bond donors (Lipinski definition) is 3. The van der Waals surface area contributed by atoms with Gasteiger partial charge in [-0.05, 0) is 42.3 Å². The standard InChI is InChI=1S/C28H15F12NO4/c1-10-15(29)17(31)24(19(33)22(10)42)44-13-6-2-11(3-7-13)26(27(35,36)37,28(38,39)40)12-4-8-14(9-5-12)45-25-18(32)16(30)21(41)23(43)20(25)34/h2-9,42-43H,41H2,1H3. The third-order valence-corrected chi connectivity index (χ3v) is 6.64. The lowest BCUT2D eigenvalue weighted by Gasteiger charge is -2.38. The molecule has 0 unspecified atom stereocenters. The van der Waals surface area contributed by atoms with Gasteiger partial charge in [-0.2, -0.15) is 43.9 Å². The first-order chi connectivity index (χ1) is 20.7. The summed E-state index contributed by atoms with van der Waals surface area (Å²) in [5, 5.41) is 19.1. The summed E-state index contributed by atoms with van der Waals surface area (Å²) in [5.41, 5.74) is -4.97. The van der Waals surface area contributed by atoms with Gasteiger partial charge in [0.05, 0.1) is 0 Å². The second-order valence-corrected chi connectivity index (χ2v) is 9.28. The summed E-state index contributed by atoms with van der Waals surface area (Å²) < 4.78 is 181. The van der Waals surface area contributed by atoms with Crippen molar-refractivity contribution in [2.24, 2.45) is 0 Å². The largest absolute Gasteiger partial charge is 0.504 e. The van der Waals surface area contributed by atoms with Crippen LogP contribution in [0.5, 0.6) is 34.5 Å². The van der Waals surface area contributed by atoms with Crippen molar-refractivity contribution >= 4 is 5.69 Å². The normalized spacial score (nSPS) is 12.4. The molecule has 0 heterocycles. The SMILES string of the molecule is Cc1c(O)c(F)c(Oc2ccc(C(c3ccc(Oc4c(F)c(O)c(N)c(F)c4F)cc3)(C(F)(F)F)C(F)(F)F)cc2)c(F)c1F. The number of halogens is 12. The van der Waals surface area contributed by atoms with Crippen LogP contribution < -0.4 is 15.2 Å². The van der Waals surface area contributed by atoms with Gasteiger partial charge in [0.1, 0.15) is 17.2 Å². The molecule has 4 N–H and O–H groups in total. The molecule has 0 aliphatic carbocycles. The van der Waals surface area contributed by atoms with E-state index >= 15 is 0 Å². The minimum absolute atomic E-state index is 0.243. The molecule has 5 nitrogen and oxygen atoms in total. The zero-order valence-electron chi connectivity index (χ0n) is 21.9. The summed E-state index contributed by atoms with van der Waals surface area (Å²) in [7, 11) is 0. The highest BCUT2D eigenvalue weighted by Crippen LogP contribution is 2.56. The quantitative estimate of drug-likeness (QED) is 0.0836. The van der Waals surface area contributed by atoms with E-state index in [9.17, 15) is 62.9 Å². The van der Waals surface area contributed by atoms with Gasteiger partial charge in [-0.1, -0.05) is 24.3 Å². The molecule has 0 amide bonds. The molecule has 4 rings (SSSR count). The van der Waals surface area contributed by atoms with Gasteiger partial charge >= 0.3 is 12.4 Å². The molecule has 0 spiro atoms. The number of nitrogen functional groups attached to an aromatic ring is 1. The predicted molar refractivity (Wildman–Crippen MR) is 131 cm³/mol. The fourth-order valence-electron chi connectivity index (χ4n) is 4.32. The Morgan fingerprint density at radius 2 is 0.889 bits per heavy atom. The number of nitrogens with two attached hydrogens (primary N) is 1. The molecule has 0 aliphatic rings. The van der Waals surface area contributed by atoms with E-state index in [1.54, 1.807) is 0 Å². The highest BCUT2D eigenvalue weighted by molar-refractivity contribution is 5.58. The molecule has 0 bridgehead atoms. The van der Waals surface area contributed by atoms with E-state index in [0.717, 1.165) is 6.92 Å². The van der Waals surface area contributed by atoms with Gasteiger partial charge in [0.2, 0.25) is 40.2 Å². The molecule has 45 heavy (non-hydrogen) atoms. The lowest BCUT2D eigenvalue weighted by atomic mass is 9.73. The molecular weight excluding hydrogens is 642 g/mol. The molecule has 0 saturated carbocycles. The van der Waals surface area contributed by atoms with Crippen LogP contribution in [-0.2, 0) is 5.41 Å². The monoisotopic (exact) mass is 657 g/mol. The van der Waals surface area contributed by atoms with Gasteiger partial charge < -0.3 is 25.4 Å². The minimum atomic E-state index is -6.13. The highest BCUT2D eigenvalue weighted by atomic mass is 19.4. The van der Waals surface area contributed by atoms with Crippen molar-refractivity contribution in [2.75, 3.05) is 5.73 Å². The maximum absolute atomic E-state index is 14.5. The Kier molecular flexibility index (Phi) is 8.19. The van der Waals surface area contributed by atoms with Gasteiger partial charge in [-0.3, -0.25) is 0 Å². The lowest BCUT2D eigenvalue weighted by molar-refractivity contribution is -0.288. The fraction of sp³-hybridized carbons (Fsp3) is 0.143. The van der Waals surface area contributed by atoms with E-state index < -0.39 is 110 Å². The van der Waals surface area contributed by atoms with Crippen molar-refractivity contribution < 1.29 is 72.4 Å². The van der Waals surface area contributed by atoms with E-state index in [1.165, 1.54) is 0 Å². The number of rotatable bonds is 6. The van der Waals surface area contributed by atoms with Gasteiger partial charge in [-0.15, -0.1) is 0 Å². The molecule has 0 fully saturated rings. The van der Waals surface area contributed by atoms with Crippen molar-refractivity contribution in [3.8, 4) is 34.5 Å². The molecule has 0 aromatic heterocycles. The van der Waals surface area contributed by atoms with Gasteiger partial charge in [-0.25, -0.2) is 8.78 Å². The summed E-state index contributed by atoms with van der Waals surface area (Å²) in [6.07, 6.45) is -12.3. The first-order valence-electron chi connectivity index (χ1n) is 12.0. The second kappa shape index (κ2) is 11.2. The summed E-state index contributed by atoms with van der Waals surface area (Å²) in [4.78, 5) is 0. The number of hydrogen-bond acceptors (Lipinski definition) is 5. The number of alkyl halides is 6. The molecule has 0 atom stereocenters. The maximum atomic E-state index is 14.5. The van der Waals surface area contributed by atoms with Crippen molar-refractivity contribution in [1.82, 2.24) is 0 Å². The van der Waals surface area contributed by atoms with Crippen LogP contribution in [0.4, 0.5) is 58.4 Å². The summed E-state index contributed by atoms with van der Waals surface area (Å²) in [6.45, 7) is 0.821. The van der Waals surface area contributed by atoms with Crippen LogP contribution in [0.1, 0.15) is 16.7 Å². The number of ether oxygens (including phenoxy) is 2. The maximum Gasteiger partial charge on any atom is 0.411 e. The van der Waals surface area contributed by atoms with Crippen molar-refractivity contribution in [3.63, 3.8) is 0 Å². The average molecular weight is 657 g/mol. The van der Waals surface area contributed by atoms with Crippen LogP contribution in [0.25, 0.3) is 0 Å². The molecule has 240 valence electrons. The van der Waals surface area contributed by atoms with Crippen LogP contribution in [0.15, 0.2) is 48.5 Å². The van der Waals surface area contributed by atoms with Crippen molar-refractivity contribution in [1.29, 1.82) is 0 Å². The Morgan fingerprint density at radius 3 is 1.27 bits per heavy atom. The molecule has 4 aromatic rings. The van der Waals surface area contributed by atoms with Crippen LogP contribution >= 0.6 is 0 Å². The van der Waals surface area contributed by atoms with E-state index in [2.05, 4.69) is 0 Å².